The van der Waals surface area contributed by atoms with Crippen molar-refractivity contribution in [2.45, 2.75) is 50.4 Å². The van der Waals surface area contributed by atoms with Crippen LogP contribution in [0.5, 0.6) is 5.75 Å². The number of hydrogen-bond acceptors (Lipinski definition) is 3. The van der Waals surface area contributed by atoms with E-state index in [0.717, 1.165) is 32.2 Å². The molecule has 0 aromatic heterocycles. The highest BCUT2D eigenvalue weighted by atomic mass is 19.1. The van der Waals surface area contributed by atoms with E-state index in [-0.39, 0.29) is 17.5 Å². The number of methoxy groups -OCH3 is 1. The van der Waals surface area contributed by atoms with Crippen LogP contribution in [0.25, 0.3) is 10.8 Å². The largest absolute Gasteiger partial charge is 0.495 e. The molecule has 0 saturated carbocycles. The lowest BCUT2D eigenvalue weighted by atomic mass is 9.95. The molecule has 1 N–H and O–H groups in total. The molecule has 0 aliphatic carbocycles. The van der Waals surface area contributed by atoms with Gasteiger partial charge in [0.2, 0.25) is 0 Å². The number of nitrogens with one attached hydrogen (secondary N) is 1. The summed E-state index contributed by atoms with van der Waals surface area (Å²) in [5, 5.41) is 4.25. The first kappa shape index (κ1) is 20.0. The molecule has 5 heteroatoms. The molecule has 0 spiro atoms. The van der Waals surface area contributed by atoms with Crippen LogP contribution in [-0.2, 0) is 6.54 Å². The second kappa shape index (κ2) is 8.31. The predicted octanol–water partition coefficient (Wildman–Crippen LogP) is 4.91. The molecule has 2 bridgehead atoms. The summed E-state index contributed by atoms with van der Waals surface area (Å²) in [6.07, 6.45) is 4.18. The minimum Gasteiger partial charge on any atom is -0.495 e. The standard InChI is InChI=1S/C26H27FN2O2/c1-31-25-22-10-6-5-9-21(22)24(27)15-23(25)26(30)28-18-13-19-11-12-20(14-18)29(19)16-17-7-3-2-4-8-17/h2-10,15,18-20H,11-14,16H2,1H3,(H,28,30). The molecular formula is C26H27FN2O2. The van der Waals surface area contributed by atoms with Crippen molar-refractivity contribution in [1.82, 2.24) is 10.2 Å². The third-order valence-corrected chi connectivity index (χ3v) is 6.82. The minimum atomic E-state index is -0.403. The van der Waals surface area contributed by atoms with E-state index in [2.05, 4.69) is 34.5 Å². The summed E-state index contributed by atoms with van der Waals surface area (Å²) in [6, 6.07) is 20.0. The van der Waals surface area contributed by atoms with Gasteiger partial charge in [0, 0.05) is 35.4 Å². The van der Waals surface area contributed by atoms with Crippen molar-refractivity contribution in [1.29, 1.82) is 0 Å². The maximum Gasteiger partial charge on any atom is 0.255 e. The van der Waals surface area contributed by atoms with Gasteiger partial charge >= 0.3 is 0 Å². The van der Waals surface area contributed by atoms with Crippen LogP contribution in [0, 0.1) is 5.82 Å². The molecule has 2 saturated heterocycles. The molecular weight excluding hydrogens is 391 g/mol. The van der Waals surface area contributed by atoms with Crippen LogP contribution < -0.4 is 10.1 Å². The Labute approximate surface area is 182 Å². The van der Waals surface area contributed by atoms with E-state index in [0.29, 0.717) is 28.6 Å². The van der Waals surface area contributed by atoms with Crippen LogP contribution in [0.2, 0.25) is 0 Å². The maximum absolute atomic E-state index is 14.7. The van der Waals surface area contributed by atoms with Gasteiger partial charge in [-0.2, -0.15) is 0 Å². The number of rotatable bonds is 5. The molecule has 5 rings (SSSR count). The Balaban J connectivity index is 1.32. The van der Waals surface area contributed by atoms with Crippen LogP contribution >= 0.6 is 0 Å². The van der Waals surface area contributed by atoms with Crippen LogP contribution in [0.3, 0.4) is 0 Å². The third-order valence-electron chi connectivity index (χ3n) is 6.82. The van der Waals surface area contributed by atoms with Crippen molar-refractivity contribution < 1.29 is 13.9 Å². The summed E-state index contributed by atoms with van der Waals surface area (Å²) < 4.78 is 20.2. The Bertz CT molecular complexity index is 1090. The van der Waals surface area contributed by atoms with E-state index in [4.69, 9.17) is 4.74 Å². The van der Waals surface area contributed by atoms with Gasteiger partial charge in [-0.3, -0.25) is 9.69 Å². The quantitative estimate of drug-likeness (QED) is 0.640. The molecule has 160 valence electrons. The van der Waals surface area contributed by atoms with Crippen LogP contribution in [0.15, 0.2) is 60.7 Å². The van der Waals surface area contributed by atoms with Crippen LogP contribution in [-0.4, -0.2) is 36.0 Å². The molecule has 2 aliphatic rings. The van der Waals surface area contributed by atoms with E-state index >= 15 is 0 Å². The number of carbonyl (C=O) groups excluding carboxylic acids is 1. The number of ether oxygens (including phenoxy) is 1. The minimum absolute atomic E-state index is 0.0938. The molecule has 2 heterocycles. The SMILES string of the molecule is COc1c(C(=O)NC2CC3CCC(C2)N3Cc2ccccc2)cc(F)c2ccccc12. The number of piperidine rings is 1. The average Bonchev–Trinajstić information content (AvgIpc) is 3.02. The van der Waals surface area contributed by atoms with Gasteiger partial charge in [0.15, 0.2) is 0 Å². The number of hydrogen-bond donors (Lipinski definition) is 1. The Morgan fingerprint density at radius 3 is 2.35 bits per heavy atom. The fraction of sp³-hybridized carbons (Fsp3) is 0.346. The number of halogens is 1. The number of carbonyl (C=O) groups is 1. The Kier molecular flexibility index (Phi) is 5.36. The predicted molar refractivity (Wildman–Crippen MR) is 120 cm³/mol. The lowest BCUT2D eigenvalue weighted by Crippen LogP contribution is -2.50. The smallest absolute Gasteiger partial charge is 0.255 e. The average molecular weight is 419 g/mol. The maximum atomic E-state index is 14.7. The van der Waals surface area contributed by atoms with Crippen LogP contribution in [0.4, 0.5) is 4.39 Å². The number of fused-ring (bicyclic) bond motifs is 3. The molecule has 3 aromatic rings. The van der Waals surface area contributed by atoms with Crippen LogP contribution in [0.1, 0.15) is 41.6 Å². The number of benzene rings is 3. The molecule has 2 unspecified atom stereocenters. The highest BCUT2D eigenvalue weighted by Gasteiger charge is 2.41. The molecule has 1 amide bonds. The van der Waals surface area contributed by atoms with Gasteiger partial charge < -0.3 is 10.1 Å². The van der Waals surface area contributed by atoms with Crippen molar-refractivity contribution in [2.75, 3.05) is 7.11 Å². The van der Waals surface area contributed by atoms with Crippen molar-refractivity contribution in [3.63, 3.8) is 0 Å². The van der Waals surface area contributed by atoms with E-state index in [1.54, 1.807) is 18.2 Å². The fourth-order valence-electron chi connectivity index (χ4n) is 5.40. The zero-order valence-electron chi connectivity index (χ0n) is 17.7. The highest BCUT2D eigenvalue weighted by Crippen LogP contribution is 2.37. The van der Waals surface area contributed by atoms with E-state index in [1.807, 2.05) is 12.1 Å². The molecule has 2 aliphatic heterocycles. The molecule has 3 aromatic carbocycles. The molecule has 31 heavy (non-hydrogen) atoms. The second-order valence-electron chi connectivity index (χ2n) is 8.67. The first-order chi connectivity index (χ1) is 15.1. The Morgan fingerprint density at radius 1 is 1.03 bits per heavy atom. The summed E-state index contributed by atoms with van der Waals surface area (Å²) >= 11 is 0. The van der Waals surface area contributed by atoms with Gasteiger partial charge in [0.1, 0.15) is 11.6 Å². The lowest BCUT2D eigenvalue weighted by molar-refractivity contribution is 0.0825. The summed E-state index contributed by atoms with van der Waals surface area (Å²) in [4.78, 5) is 15.7. The monoisotopic (exact) mass is 418 g/mol. The lowest BCUT2D eigenvalue weighted by Gasteiger charge is -2.39. The van der Waals surface area contributed by atoms with Gasteiger partial charge in [0.25, 0.3) is 5.91 Å². The Morgan fingerprint density at radius 2 is 1.68 bits per heavy atom. The van der Waals surface area contributed by atoms with E-state index in [9.17, 15) is 9.18 Å². The molecule has 2 fully saturated rings. The van der Waals surface area contributed by atoms with Gasteiger partial charge in [0.05, 0.1) is 12.7 Å². The molecule has 2 atom stereocenters. The summed E-state index contributed by atoms with van der Waals surface area (Å²) in [6.45, 7) is 0.959. The highest BCUT2D eigenvalue weighted by molar-refractivity contribution is 6.04. The van der Waals surface area contributed by atoms with Gasteiger partial charge in [-0.25, -0.2) is 4.39 Å². The first-order valence-corrected chi connectivity index (χ1v) is 11.0. The van der Waals surface area contributed by atoms with Gasteiger partial charge in [-0.05, 0) is 37.3 Å². The van der Waals surface area contributed by atoms with E-state index in [1.165, 1.54) is 18.7 Å². The Hall–Kier alpha value is -2.92. The summed E-state index contributed by atoms with van der Waals surface area (Å²) in [7, 11) is 1.53. The number of amides is 1. The summed E-state index contributed by atoms with van der Waals surface area (Å²) in [5.74, 6) is -0.235. The third kappa shape index (κ3) is 3.79. The van der Waals surface area contributed by atoms with Gasteiger partial charge in [-0.1, -0.05) is 54.6 Å². The molecule has 4 nitrogen and oxygen atoms in total. The fourth-order valence-corrected chi connectivity index (χ4v) is 5.40. The zero-order chi connectivity index (χ0) is 21.4. The van der Waals surface area contributed by atoms with Crippen molar-refractivity contribution in [3.8, 4) is 5.75 Å². The zero-order valence-corrected chi connectivity index (χ0v) is 17.7. The van der Waals surface area contributed by atoms with Gasteiger partial charge in [-0.15, -0.1) is 0 Å². The van der Waals surface area contributed by atoms with Crippen molar-refractivity contribution in [3.05, 3.63) is 77.6 Å². The topological polar surface area (TPSA) is 41.6 Å². The second-order valence-corrected chi connectivity index (χ2v) is 8.67. The first-order valence-electron chi connectivity index (χ1n) is 11.0. The van der Waals surface area contributed by atoms with Crippen molar-refractivity contribution >= 4 is 16.7 Å². The van der Waals surface area contributed by atoms with Crippen molar-refractivity contribution in [2.24, 2.45) is 0 Å². The summed E-state index contributed by atoms with van der Waals surface area (Å²) in [5.41, 5.74) is 1.59. The van der Waals surface area contributed by atoms with E-state index < -0.39 is 5.82 Å². The normalized spacial score (nSPS) is 23.1. The molecule has 0 radical (unpaired) electrons. The number of nitrogens with zero attached hydrogens (tertiary/aromatic N) is 1.